The van der Waals surface area contributed by atoms with E-state index in [4.69, 9.17) is 56.7 Å². The maximum Gasteiger partial charge on any atom is 0.305 e. The fourth-order valence-corrected chi connectivity index (χ4v) is 4.11. The monoisotopic (exact) mass is 684 g/mol. The van der Waals surface area contributed by atoms with Crippen LogP contribution in [0.15, 0.2) is 29.2 Å². The van der Waals surface area contributed by atoms with Crippen molar-refractivity contribution in [3.05, 3.63) is 29.8 Å². The van der Waals surface area contributed by atoms with Crippen LogP contribution in [0.5, 0.6) is 0 Å². The smallest absolute Gasteiger partial charge is 0.305 e. The number of carboxylic acids is 1. The van der Waals surface area contributed by atoms with Gasteiger partial charge in [0.15, 0.2) is 0 Å². The second-order valence-corrected chi connectivity index (χ2v) is 11.0. The van der Waals surface area contributed by atoms with Gasteiger partial charge < -0.3 is 52.5 Å². The van der Waals surface area contributed by atoms with Crippen LogP contribution in [0.4, 0.5) is 0 Å². The highest BCUT2D eigenvalue weighted by atomic mass is 32.2. The first-order chi connectivity index (χ1) is 22.4. The largest absolute Gasteiger partial charge is 0.481 e. The summed E-state index contributed by atoms with van der Waals surface area (Å²) in [7, 11) is -3.78. The number of hydrogen-bond acceptors (Lipinski definition) is 14. The zero-order chi connectivity index (χ0) is 33.4. The number of aliphatic carboxylic acids is 1. The van der Waals surface area contributed by atoms with Gasteiger partial charge in [-0.15, -0.1) is 0 Å². The highest BCUT2D eigenvalue weighted by Gasteiger charge is 2.14. The van der Waals surface area contributed by atoms with Crippen LogP contribution in [0.1, 0.15) is 12.0 Å². The van der Waals surface area contributed by atoms with E-state index in [-0.39, 0.29) is 31.1 Å². The Morgan fingerprint density at radius 1 is 0.478 bits per heavy atom. The van der Waals surface area contributed by atoms with Crippen molar-refractivity contribution < 1.29 is 69.9 Å². The standard InChI is InChI=1S/C30H52O15S/c1-28-2-4-29(5-3-28)46(33,34)45-27-26-44-25-24-43-23-22-42-21-20-41-19-18-40-17-16-39-15-14-38-13-12-37-11-10-36-9-8-35-7-6-30(31)32/h2-5H,6-27H2,1H3,(H,31,32). The Kier molecular flexibility index (Phi) is 28.0. The molecule has 1 rings (SSSR count). The van der Waals surface area contributed by atoms with Crippen molar-refractivity contribution in [3.63, 3.8) is 0 Å². The quantitative estimate of drug-likeness (QED) is 0.0801. The Hall–Kier alpha value is -1.80. The van der Waals surface area contributed by atoms with Gasteiger partial charge in [-0.2, -0.15) is 8.42 Å². The van der Waals surface area contributed by atoms with Crippen molar-refractivity contribution in [2.75, 3.05) is 139 Å². The van der Waals surface area contributed by atoms with E-state index < -0.39 is 16.1 Å². The van der Waals surface area contributed by atoms with Gasteiger partial charge in [-0.05, 0) is 19.1 Å². The maximum absolute atomic E-state index is 12.1. The van der Waals surface area contributed by atoms with Crippen LogP contribution in [-0.4, -0.2) is 158 Å². The van der Waals surface area contributed by atoms with Gasteiger partial charge >= 0.3 is 5.97 Å². The van der Waals surface area contributed by atoms with Crippen LogP contribution >= 0.6 is 0 Å². The SMILES string of the molecule is Cc1ccc(S(=O)(=O)OCCOCCOCCOCCOCCOCCOCCOCCOCCOCCOCCC(=O)O)cc1. The first-order valence-electron chi connectivity index (χ1n) is 15.4. The van der Waals surface area contributed by atoms with Gasteiger partial charge in [0.2, 0.25) is 0 Å². The van der Waals surface area contributed by atoms with E-state index in [1.807, 2.05) is 6.92 Å². The highest BCUT2D eigenvalue weighted by Crippen LogP contribution is 2.12. The molecule has 0 aromatic heterocycles. The first-order valence-corrected chi connectivity index (χ1v) is 16.8. The average Bonchev–Trinajstić information content (AvgIpc) is 3.03. The molecular formula is C30H52O15S. The summed E-state index contributed by atoms with van der Waals surface area (Å²) in [4.78, 5) is 10.5. The molecule has 0 atom stereocenters. The third-order valence-corrected chi connectivity index (χ3v) is 6.91. The number of ether oxygens (including phenoxy) is 10. The molecule has 15 nitrogen and oxygen atoms in total. The lowest BCUT2D eigenvalue weighted by Crippen LogP contribution is -2.15. The molecule has 0 saturated heterocycles. The van der Waals surface area contributed by atoms with E-state index in [1.54, 1.807) is 12.1 Å². The molecule has 0 aliphatic rings. The fraction of sp³-hybridized carbons (Fsp3) is 0.767. The number of aryl methyl sites for hydroxylation is 1. The average molecular weight is 685 g/mol. The Bertz CT molecular complexity index is 931. The van der Waals surface area contributed by atoms with Crippen molar-refractivity contribution in [2.45, 2.75) is 18.2 Å². The molecule has 0 saturated carbocycles. The molecule has 0 fully saturated rings. The number of rotatable bonds is 35. The van der Waals surface area contributed by atoms with Crippen LogP contribution in [0.3, 0.4) is 0 Å². The molecular weight excluding hydrogens is 632 g/mol. The molecule has 0 radical (unpaired) electrons. The van der Waals surface area contributed by atoms with E-state index in [9.17, 15) is 13.2 Å². The molecule has 0 heterocycles. The summed E-state index contributed by atoms with van der Waals surface area (Å²) >= 11 is 0. The van der Waals surface area contributed by atoms with Gasteiger partial charge in [0.1, 0.15) is 0 Å². The Balaban J connectivity index is 1.68. The Morgan fingerprint density at radius 3 is 1.02 bits per heavy atom. The number of carboxylic acid groups (broad SMARTS) is 1. The molecule has 1 N–H and O–H groups in total. The molecule has 1 aromatic rings. The maximum atomic E-state index is 12.1. The third-order valence-electron chi connectivity index (χ3n) is 5.58. The lowest BCUT2D eigenvalue weighted by atomic mass is 10.2. The predicted molar refractivity (Wildman–Crippen MR) is 165 cm³/mol. The van der Waals surface area contributed by atoms with E-state index in [2.05, 4.69) is 0 Å². The molecule has 0 bridgehead atoms. The fourth-order valence-electron chi connectivity index (χ4n) is 3.22. The molecule has 0 aliphatic heterocycles. The van der Waals surface area contributed by atoms with E-state index in [0.29, 0.717) is 119 Å². The van der Waals surface area contributed by atoms with Crippen LogP contribution < -0.4 is 0 Å². The van der Waals surface area contributed by atoms with Crippen molar-refractivity contribution in [3.8, 4) is 0 Å². The summed E-state index contributed by atoms with van der Waals surface area (Å²) in [6.07, 6.45) is -0.00956. The van der Waals surface area contributed by atoms with Gasteiger partial charge in [-0.1, -0.05) is 17.7 Å². The number of benzene rings is 1. The summed E-state index contributed by atoms with van der Waals surface area (Å²) in [5.41, 5.74) is 0.971. The Labute approximate surface area is 272 Å². The number of hydrogen-bond donors (Lipinski definition) is 1. The first kappa shape index (κ1) is 42.2. The van der Waals surface area contributed by atoms with E-state index in [0.717, 1.165) is 5.56 Å². The van der Waals surface area contributed by atoms with Gasteiger partial charge in [-0.25, -0.2) is 0 Å². The van der Waals surface area contributed by atoms with Crippen LogP contribution in [-0.2, 0) is 66.5 Å². The minimum absolute atomic E-state index is 0.00956. The minimum atomic E-state index is -3.78. The minimum Gasteiger partial charge on any atom is -0.481 e. The normalized spacial score (nSPS) is 11.8. The second-order valence-electron chi connectivity index (χ2n) is 9.36. The molecule has 0 spiro atoms. The predicted octanol–water partition coefficient (Wildman–Crippen LogP) is 1.34. The highest BCUT2D eigenvalue weighted by molar-refractivity contribution is 7.86. The molecule has 46 heavy (non-hydrogen) atoms. The van der Waals surface area contributed by atoms with Crippen molar-refractivity contribution in [1.82, 2.24) is 0 Å². The zero-order valence-corrected chi connectivity index (χ0v) is 27.8. The van der Waals surface area contributed by atoms with Crippen LogP contribution in [0.2, 0.25) is 0 Å². The summed E-state index contributed by atoms with van der Waals surface area (Å²) in [6.45, 7) is 9.92. The summed E-state index contributed by atoms with van der Waals surface area (Å²) < 4.78 is 82.8. The third kappa shape index (κ3) is 27.3. The zero-order valence-electron chi connectivity index (χ0n) is 26.9. The van der Waals surface area contributed by atoms with Gasteiger partial charge in [0.25, 0.3) is 10.1 Å². The van der Waals surface area contributed by atoms with Crippen LogP contribution in [0.25, 0.3) is 0 Å². The molecule has 0 aliphatic carbocycles. The molecule has 0 unspecified atom stereocenters. The van der Waals surface area contributed by atoms with Crippen molar-refractivity contribution in [1.29, 1.82) is 0 Å². The Morgan fingerprint density at radius 2 is 0.739 bits per heavy atom. The molecule has 0 amide bonds. The lowest BCUT2D eigenvalue weighted by molar-refractivity contribution is -0.138. The van der Waals surface area contributed by atoms with E-state index in [1.165, 1.54) is 12.1 Å². The van der Waals surface area contributed by atoms with E-state index >= 15 is 0 Å². The molecule has 268 valence electrons. The molecule has 16 heteroatoms. The van der Waals surface area contributed by atoms with Gasteiger partial charge in [-0.3, -0.25) is 8.98 Å². The lowest BCUT2D eigenvalue weighted by Gasteiger charge is -2.09. The number of carbonyl (C=O) groups is 1. The van der Waals surface area contributed by atoms with Gasteiger partial charge in [0.05, 0.1) is 150 Å². The topological polar surface area (TPSA) is 173 Å². The van der Waals surface area contributed by atoms with Gasteiger partial charge in [0, 0.05) is 0 Å². The summed E-state index contributed by atoms with van der Waals surface area (Å²) in [5, 5.41) is 8.48. The van der Waals surface area contributed by atoms with Crippen LogP contribution in [0, 0.1) is 6.92 Å². The summed E-state index contributed by atoms with van der Waals surface area (Å²) in [5.74, 6) is -0.881. The van der Waals surface area contributed by atoms with Crippen molar-refractivity contribution >= 4 is 16.1 Å². The van der Waals surface area contributed by atoms with Crippen molar-refractivity contribution in [2.24, 2.45) is 0 Å². The summed E-state index contributed by atoms with van der Waals surface area (Å²) in [6, 6.07) is 6.46. The molecule has 1 aromatic carbocycles. The second kappa shape index (κ2) is 30.5.